The van der Waals surface area contributed by atoms with Crippen molar-refractivity contribution in [3.8, 4) is 0 Å². The molecule has 0 aromatic heterocycles. The molecule has 5 heteroatoms. The molecule has 0 bridgehead atoms. The number of rotatable bonds is 26. The minimum Gasteiger partial charge on any atom is -0.396 e. The van der Waals surface area contributed by atoms with Gasteiger partial charge in [0.1, 0.15) is 0 Å². The summed E-state index contributed by atoms with van der Waals surface area (Å²) in [7, 11) is 0. The lowest BCUT2D eigenvalue weighted by Gasteiger charge is -2.42. The van der Waals surface area contributed by atoms with Crippen LogP contribution >= 0.6 is 0 Å². The molecule has 32 heavy (non-hydrogen) atoms. The maximum atomic E-state index is 9.72. The molecule has 0 fully saturated rings. The highest BCUT2D eigenvalue weighted by Crippen LogP contribution is 2.33. The highest BCUT2D eigenvalue weighted by atomic mass is 16.3. The van der Waals surface area contributed by atoms with Gasteiger partial charge in [-0.15, -0.1) is 0 Å². The van der Waals surface area contributed by atoms with Gasteiger partial charge in [0, 0.05) is 25.3 Å². The zero-order chi connectivity index (χ0) is 23.8. The molecule has 0 radical (unpaired) electrons. The molecule has 0 heterocycles. The molecule has 0 aliphatic heterocycles. The van der Waals surface area contributed by atoms with Crippen molar-refractivity contribution in [2.45, 2.75) is 134 Å². The summed E-state index contributed by atoms with van der Waals surface area (Å²) in [5.41, 5.74) is 5.54. The minimum absolute atomic E-state index is 0.0838. The van der Waals surface area contributed by atoms with E-state index in [2.05, 4.69) is 12.2 Å². The molecular weight excluding hydrogens is 400 g/mol. The van der Waals surface area contributed by atoms with Crippen molar-refractivity contribution in [1.29, 1.82) is 0 Å². The van der Waals surface area contributed by atoms with Crippen molar-refractivity contribution in [2.75, 3.05) is 32.9 Å². The standard InChI is InChI=1S/C27H58N2O3/c1-2-3-4-5-6-7-8-9-10-11-12-13-14-15-17-26(18-23-30)27(20-24-31,19-16-21-28)29-22-25-32/h26,29-32H,2-25,28H2,1H3. The van der Waals surface area contributed by atoms with Crippen molar-refractivity contribution in [1.82, 2.24) is 5.32 Å². The summed E-state index contributed by atoms with van der Waals surface area (Å²) in [6, 6.07) is 0. The molecule has 0 aromatic carbocycles. The second-order valence-corrected chi connectivity index (χ2v) is 9.77. The van der Waals surface area contributed by atoms with Gasteiger partial charge in [0.15, 0.2) is 0 Å². The number of nitrogens with two attached hydrogens (primary N) is 1. The minimum atomic E-state index is -0.240. The SMILES string of the molecule is CCCCCCCCCCCCCCCCC(CCO)C(CCO)(CCCN)NCCO. The number of aliphatic hydroxyl groups is 3. The van der Waals surface area contributed by atoms with Crippen molar-refractivity contribution < 1.29 is 15.3 Å². The van der Waals surface area contributed by atoms with E-state index in [0.29, 0.717) is 25.4 Å². The summed E-state index contributed by atoms with van der Waals surface area (Å²) >= 11 is 0. The van der Waals surface area contributed by atoms with Gasteiger partial charge >= 0.3 is 0 Å². The van der Waals surface area contributed by atoms with Crippen LogP contribution in [-0.2, 0) is 0 Å². The van der Waals surface area contributed by atoms with Crippen molar-refractivity contribution in [3.05, 3.63) is 0 Å². The second kappa shape index (κ2) is 23.9. The molecule has 194 valence electrons. The maximum absolute atomic E-state index is 9.72. The van der Waals surface area contributed by atoms with Crippen LogP contribution in [0.2, 0.25) is 0 Å². The summed E-state index contributed by atoms with van der Waals surface area (Å²) in [4.78, 5) is 0. The van der Waals surface area contributed by atoms with E-state index in [4.69, 9.17) is 5.73 Å². The van der Waals surface area contributed by atoms with Crippen LogP contribution in [-0.4, -0.2) is 53.8 Å². The summed E-state index contributed by atoms with van der Waals surface area (Å²) < 4.78 is 0. The molecule has 0 aliphatic carbocycles. The van der Waals surface area contributed by atoms with E-state index in [0.717, 1.165) is 25.7 Å². The monoisotopic (exact) mass is 458 g/mol. The van der Waals surface area contributed by atoms with Crippen LogP contribution in [0.3, 0.4) is 0 Å². The van der Waals surface area contributed by atoms with Crippen LogP contribution in [0.15, 0.2) is 0 Å². The molecule has 0 amide bonds. The lowest BCUT2D eigenvalue weighted by Crippen LogP contribution is -2.53. The number of hydrogen-bond acceptors (Lipinski definition) is 5. The molecule has 0 aliphatic rings. The number of nitrogens with one attached hydrogen (secondary N) is 1. The van der Waals surface area contributed by atoms with Gasteiger partial charge in [0.25, 0.3) is 0 Å². The number of aliphatic hydroxyl groups excluding tert-OH is 3. The van der Waals surface area contributed by atoms with Gasteiger partial charge < -0.3 is 26.4 Å². The first kappa shape index (κ1) is 31.8. The lowest BCUT2D eigenvalue weighted by molar-refractivity contribution is 0.0980. The van der Waals surface area contributed by atoms with E-state index < -0.39 is 0 Å². The Labute approximate surface area is 200 Å². The van der Waals surface area contributed by atoms with Crippen molar-refractivity contribution in [2.24, 2.45) is 11.7 Å². The third-order valence-electron chi connectivity index (χ3n) is 7.14. The summed E-state index contributed by atoms with van der Waals surface area (Å²) in [5, 5.41) is 32.3. The fourth-order valence-corrected chi connectivity index (χ4v) is 5.21. The van der Waals surface area contributed by atoms with E-state index in [1.807, 2.05) is 0 Å². The van der Waals surface area contributed by atoms with Gasteiger partial charge in [-0.05, 0) is 44.6 Å². The van der Waals surface area contributed by atoms with Gasteiger partial charge in [-0.25, -0.2) is 0 Å². The van der Waals surface area contributed by atoms with Gasteiger partial charge in [-0.3, -0.25) is 0 Å². The second-order valence-electron chi connectivity index (χ2n) is 9.77. The molecule has 2 unspecified atom stereocenters. The van der Waals surface area contributed by atoms with Gasteiger partial charge in [-0.1, -0.05) is 96.8 Å². The van der Waals surface area contributed by atoms with Crippen LogP contribution < -0.4 is 11.1 Å². The summed E-state index contributed by atoms with van der Waals surface area (Å²) in [6.07, 6.45) is 23.2. The van der Waals surface area contributed by atoms with Gasteiger partial charge in [0.05, 0.1) is 6.61 Å². The molecule has 2 atom stereocenters. The number of hydrogen-bond donors (Lipinski definition) is 5. The van der Waals surface area contributed by atoms with Crippen molar-refractivity contribution >= 4 is 0 Å². The number of β-amino-alcohol motifs (C(OH)–C–C–N with tert-alkyl or cyclic N) is 1. The largest absolute Gasteiger partial charge is 0.396 e. The summed E-state index contributed by atoms with van der Waals surface area (Å²) in [5.74, 6) is 0.301. The Kier molecular flexibility index (Phi) is 23.8. The first-order chi connectivity index (χ1) is 15.7. The molecule has 0 saturated heterocycles. The topological polar surface area (TPSA) is 98.7 Å². The first-order valence-electron chi connectivity index (χ1n) is 14.0. The Bertz CT molecular complexity index is 361. The normalized spacial score (nSPS) is 14.5. The Morgan fingerprint density at radius 3 is 1.59 bits per heavy atom. The molecule has 0 spiro atoms. The Morgan fingerprint density at radius 2 is 1.16 bits per heavy atom. The van der Waals surface area contributed by atoms with Crippen molar-refractivity contribution in [3.63, 3.8) is 0 Å². The zero-order valence-corrected chi connectivity index (χ0v) is 21.5. The van der Waals surface area contributed by atoms with Crippen LogP contribution in [0.5, 0.6) is 0 Å². The highest BCUT2D eigenvalue weighted by molar-refractivity contribution is 4.94. The maximum Gasteiger partial charge on any atom is 0.0556 e. The quantitative estimate of drug-likeness (QED) is 0.113. The average Bonchev–Trinajstić information content (AvgIpc) is 2.80. The van der Waals surface area contributed by atoms with E-state index in [1.165, 1.54) is 89.9 Å². The van der Waals surface area contributed by atoms with Crippen LogP contribution in [0.4, 0.5) is 0 Å². The zero-order valence-electron chi connectivity index (χ0n) is 21.5. The molecular formula is C27H58N2O3. The smallest absolute Gasteiger partial charge is 0.0556 e. The van der Waals surface area contributed by atoms with E-state index in [9.17, 15) is 15.3 Å². The van der Waals surface area contributed by atoms with Crippen LogP contribution in [0.25, 0.3) is 0 Å². The molecule has 5 nitrogen and oxygen atoms in total. The first-order valence-corrected chi connectivity index (χ1v) is 14.0. The Balaban J connectivity index is 4.13. The highest BCUT2D eigenvalue weighted by Gasteiger charge is 2.36. The molecule has 0 rings (SSSR count). The van der Waals surface area contributed by atoms with E-state index in [1.54, 1.807) is 0 Å². The lowest BCUT2D eigenvalue weighted by atomic mass is 9.73. The fraction of sp³-hybridized carbons (Fsp3) is 1.00. The Morgan fingerprint density at radius 1 is 0.625 bits per heavy atom. The Hall–Kier alpha value is -0.200. The average molecular weight is 459 g/mol. The summed E-state index contributed by atoms with van der Waals surface area (Å²) in [6.45, 7) is 3.78. The number of unbranched alkanes of at least 4 members (excludes halogenated alkanes) is 13. The fourth-order valence-electron chi connectivity index (χ4n) is 5.21. The third-order valence-corrected chi connectivity index (χ3v) is 7.14. The molecule has 0 saturated carbocycles. The van der Waals surface area contributed by atoms with Gasteiger partial charge in [-0.2, -0.15) is 0 Å². The van der Waals surface area contributed by atoms with Crippen LogP contribution in [0, 0.1) is 5.92 Å². The molecule has 0 aromatic rings. The molecule has 6 N–H and O–H groups in total. The van der Waals surface area contributed by atoms with E-state index >= 15 is 0 Å². The van der Waals surface area contributed by atoms with Gasteiger partial charge in [0.2, 0.25) is 0 Å². The predicted molar refractivity (Wildman–Crippen MR) is 138 cm³/mol. The van der Waals surface area contributed by atoms with Crippen LogP contribution in [0.1, 0.15) is 129 Å². The predicted octanol–water partition coefficient (Wildman–Crippen LogP) is 5.30. The van der Waals surface area contributed by atoms with E-state index in [-0.39, 0.29) is 25.4 Å². The third kappa shape index (κ3) is 16.4.